The minimum Gasteiger partial charge on any atom is -0.323 e. The van der Waals surface area contributed by atoms with Crippen molar-refractivity contribution in [3.63, 3.8) is 0 Å². The van der Waals surface area contributed by atoms with E-state index in [1.165, 1.54) is 0 Å². The van der Waals surface area contributed by atoms with Gasteiger partial charge in [0.25, 0.3) is 5.91 Å². The first-order valence-electron chi connectivity index (χ1n) is 10.1. The Bertz CT molecular complexity index is 774. The molecule has 28 heavy (non-hydrogen) atoms. The van der Waals surface area contributed by atoms with Crippen molar-refractivity contribution in [3.8, 4) is 0 Å². The van der Waals surface area contributed by atoms with Crippen molar-refractivity contribution in [1.29, 1.82) is 0 Å². The first-order valence-corrected chi connectivity index (χ1v) is 10.1. The van der Waals surface area contributed by atoms with E-state index >= 15 is 0 Å². The fourth-order valence-corrected chi connectivity index (χ4v) is 5.18. The van der Waals surface area contributed by atoms with Gasteiger partial charge in [0.05, 0.1) is 0 Å². The molecule has 3 rings (SSSR count). The summed E-state index contributed by atoms with van der Waals surface area (Å²) < 4.78 is 0. The van der Waals surface area contributed by atoms with Gasteiger partial charge in [-0.15, -0.1) is 0 Å². The Morgan fingerprint density at radius 3 is 2.43 bits per heavy atom. The van der Waals surface area contributed by atoms with Gasteiger partial charge >= 0.3 is 6.03 Å². The maximum Gasteiger partial charge on any atom is 0.325 e. The van der Waals surface area contributed by atoms with E-state index < -0.39 is 11.6 Å². The highest BCUT2D eigenvalue weighted by molar-refractivity contribution is 6.10. The maximum absolute atomic E-state index is 13.3. The van der Waals surface area contributed by atoms with E-state index in [2.05, 4.69) is 26.1 Å². The molecule has 1 aliphatic carbocycles. The van der Waals surface area contributed by atoms with Crippen LogP contribution in [0.1, 0.15) is 53.9 Å². The fraction of sp³-hybridized carbons (Fsp3) is 0.591. The molecule has 0 aromatic heterocycles. The van der Waals surface area contributed by atoms with E-state index in [0.29, 0.717) is 18.8 Å². The van der Waals surface area contributed by atoms with Crippen LogP contribution in [-0.4, -0.2) is 40.9 Å². The first-order chi connectivity index (χ1) is 13.0. The Kier molecular flexibility index (Phi) is 5.26. The van der Waals surface area contributed by atoms with Crippen molar-refractivity contribution < 1.29 is 14.4 Å². The van der Waals surface area contributed by atoms with Gasteiger partial charge in [0.1, 0.15) is 12.1 Å². The molecule has 4 amide bonds. The van der Waals surface area contributed by atoms with Crippen molar-refractivity contribution in [2.24, 2.45) is 11.3 Å². The van der Waals surface area contributed by atoms with E-state index in [4.69, 9.17) is 0 Å². The van der Waals surface area contributed by atoms with Gasteiger partial charge in [0.2, 0.25) is 5.91 Å². The van der Waals surface area contributed by atoms with Gasteiger partial charge in [0, 0.05) is 11.7 Å². The van der Waals surface area contributed by atoms with Crippen LogP contribution >= 0.6 is 0 Å². The number of hydrogen-bond donors (Lipinski definition) is 1. The summed E-state index contributed by atoms with van der Waals surface area (Å²) in [6.45, 7) is 9.98. The number of para-hydroxylation sites is 1. The molecule has 1 saturated carbocycles. The van der Waals surface area contributed by atoms with Crippen LogP contribution in [0.4, 0.5) is 10.5 Å². The molecular weight excluding hydrogens is 354 g/mol. The smallest absolute Gasteiger partial charge is 0.323 e. The van der Waals surface area contributed by atoms with Gasteiger partial charge < -0.3 is 10.2 Å². The predicted molar refractivity (Wildman–Crippen MR) is 109 cm³/mol. The molecule has 152 valence electrons. The van der Waals surface area contributed by atoms with E-state index in [1.807, 2.05) is 44.2 Å². The highest BCUT2D eigenvalue weighted by Gasteiger charge is 2.56. The standard InChI is InChI=1S/C22H31N3O3/c1-15(2)25(17-9-7-6-8-10-17)18(26)13-24-19(27)22(23-20(24)28)12-16(3)11-21(4,5)14-22/h6-10,15-16H,11-14H2,1-5H3,(H,23,28). The lowest BCUT2D eigenvalue weighted by Crippen LogP contribution is -2.54. The Balaban J connectivity index is 1.81. The second-order valence-corrected chi connectivity index (χ2v) is 9.45. The van der Waals surface area contributed by atoms with Gasteiger partial charge in [0.15, 0.2) is 0 Å². The molecule has 1 heterocycles. The second kappa shape index (κ2) is 7.22. The minimum absolute atomic E-state index is 0.0331. The molecule has 1 saturated heterocycles. The molecule has 1 N–H and O–H groups in total. The Morgan fingerprint density at radius 2 is 1.86 bits per heavy atom. The lowest BCUT2D eigenvalue weighted by Gasteiger charge is -2.43. The van der Waals surface area contributed by atoms with Crippen molar-refractivity contribution >= 4 is 23.5 Å². The van der Waals surface area contributed by atoms with Crippen LogP contribution < -0.4 is 10.2 Å². The maximum atomic E-state index is 13.3. The zero-order valence-corrected chi connectivity index (χ0v) is 17.5. The normalized spacial score (nSPS) is 26.6. The summed E-state index contributed by atoms with van der Waals surface area (Å²) in [6.07, 6.45) is 2.25. The van der Waals surface area contributed by atoms with Gasteiger partial charge in [-0.25, -0.2) is 4.79 Å². The lowest BCUT2D eigenvalue weighted by molar-refractivity contribution is -0.137. The number of carbonyl (C=O) groups is 3. The van der Waals surface area contributed by atoms with Crippen LogP contribution in [0.15, 0.2) is 30.3 Å². The van der Waals surface area contributed by atoms with E-state index in [0.717, 1.165) is 17.0 Å². The molecule has 0 radical (unpaired) electrons. The van der Waals surface area contributed by atoms with Gasteiger partial charge in [-0.3, -0.25) is 14.5 Å². The number of amides is 4. The largest absolute Gasteiger partial charge is 0.325 e. The number of imide groups is 1. The molecular formula is C22H31N3O3. The topological polar surface area (TPSA) is 69.7 Å². The van der Waals surface area contributed by atoms with Crippen LogP contribution in [-0.2, 0) is 9.59 Å². The highest BCUT2D eigenvalue weighted by atomic mass is 16.2. The summed E-state index contributed by atoms with van der Waals surface area (Å²) >= 11 is 0. The van der Waals surface area contributed by atoms with Crippen LogP contribution in [0.3, 0.4) is 0 Å². The van der Waals surface area contributed by atoms with Gasteiger partial charge in [-0.1, -0.05) is 39.0 Å². The van der Waals surface area contributed by atoms with Crippen LogP contribution in [0, 0.1) is 11.3 Å². The Labute approximate surface area is 167 Å². The van der Waals surface area contributed by atoms with Crippen molar-refractivity contribution in [1.82, 2.24) is 10.2 Å². The number of rotatable bonds is 4. The third-order valence-corrected chi connectivity index (χ3v) is 5.74. The molecule has 1 aliphatic heterocycles. The molecule has 2 fully saturated rings. The van der Waals surface area contributed by atoms with E-state index in [-0.39, 0.29) is 29.8 Å². The zero-order valence-electron chi connectivity index (χ0n) is 17.5. The number of nitrogens with one attached hydrogen (secondary N) is 1. The van der Waals surface area contributed by atoms with E-state index in [1.54, 1.807) is 4.90 Å². The minimum atomic E-state index is -0.881. The number of anilines is 1. The summed E-state index contributed by atoms with van der Waals surface area (Å²) in [5.74, 6) is -0.188. The van der Waals surface area contributed by atoms with Crippen LogP contribution in [0.2, 0.25) is 0 Å². The molecule has 1 aromatic rings. The Morgan fingerprint density at radius 1 is 1.21 bits per heavy atom. The average molecular weight is 386 g/mol. The molecule has 2 aliphatic rings. The summed E-state index contributed by atoms with van der Waals surface area (Å²) in [5.41, 5.74) is -0.153. The van der Waals surface area contributed by atoms with Crippen molar-refractivity contribution in [3.05, 3.63) is 30.3 Å². The van der Waals surface area contributed by atoms with E-state index in [9.17, 15) is 14.4 Å². The molecule has 6 nitrogen and oxygen atoms in total. The van der Waals surface area contributed by atoms with Crippen molar-refractivity contribution in [2.75, 3.05) is 11.4 Å². The van der Waals surface area contributed by atoms with Crippen LogP contribution in [0.5, 0.6) is 0 Å². The van der Waals surface area contributed by atoms with Crippen LogP contribution in [0.25, 0.3) is 0 Å². The molecule has 1 spiro atoms. The zero-order chi connectivity index (χ0) is 20.7. The van der Waals surface area contributed by atoms with Gasteiger partial charge in [-0.05, 0) is 56.6 Å². The SMILES string of the molecule is CC1CC(C)(C)CC2(C1)NC(=O)N(CC(=O)N(c1ccccc1)C(C)C)C2=O. The third-order valence-electron chi connectivity index (χ3n) is 5.74. The molecule has 0 bridgehead atoms. The molecule has 2 atom stereocenters. The number of urea groups is 1. The predicted octanol–water partition coefficient (Wildman–Crippen LogP) is 3.56. The second-order valence-electron chi connectivity index (χ2n) is 9.45. The Hall–Kier alpha value is -2.37. The molecule has 2 unspecified atom stereocenters. The highest BCUT2D eigenvalue weighted by Crippen LogP contribution is 2.46. The number of nitrogens with zero attached hydrogens (tertiary/aromatic N) is 2. The number of hydrogen-bond acceptors (Lipinski definition) is 3. The summed E-state index contributed by atoms with van der Waals surface area (Å²) in [7, 11) is 0. The monoisotopic (exact) mass is 385 g/mol. The third kappa shape index (κ3) is 3.77. The fourth-order valence-electron chi connectivity index (χ4n) is 5.18. The first kappa shape index (κ1) is 20.4. The molecule has 1 aromatic carbocycles. The van der Waals surface area contributed by atoms with Crippen molar-refractivity contribution in [2.45, 2.75) is 65.5 Å². The summed E-state index contributed by atoms with van der Waals surface area (Å²) in [5, 5.41) is 2.94. The average Bonchev–Trinajstić information content (AvgIpc) is 2.77. The quantitative estimate of drug-likeness (QED) is 0.806. The number of carbonyl (C=O) groups excluding carboxylic acids is 3. The number of benzene rings is 1. The molecule has 6 heteroatoms. The lowest BCUT2D eigenvalue weighted by atomic mass is 9.64. The summed E-state index contributed by atoms with van der Waals surface area (Å²) in [4.78, 5) is 41.7. The van der Waals surface area contributed by atoms with Gasteiger partial charge in [-0.2, -0.15) is 0 Å². The summed E-state index contributed by atoms with van der Waals surface area (Å²) in [6, 6.07) is 8.80.